The maximum Gasteiger partial charge on any atom is 0.338 e. The highest BCUT2D eigenvalue weighted by atomic mass is 16.5. The van der Waals surface area contributed by atoms with E-state index in [2.05, 4.69) is 30.3 Å². The molecule has 158 valence electrons. The van der Waals surface area contributed by atoms with E-state index >= 15 is 0 Å². The van der Waals surface area contributed by atoms with Crippen LogP contribution in [-0.4, -0.2) is 26.8 Å². The van der Waals surface area contributed by atoms with Crippen molar-refractivity contribution in [2.45, 2.75) is 6.92 Å². The van der Waals surface area contributed by atoms with Gasteiger partial charge in [-0.1, -0.05) is 66.8 Å². The summed E-state index contributed by atoms with van der Waals surface area (Å²) >= 11 is 0. The lowest BCUT2D eigenvalue weighted by atomic mass is 10.1. The highest BCUT2D eigenvalue weighted by Crippen LogP contribution is 2.28. The summed E-state index contributed by atoms with van der Waals surface area (Å²) in [4.78, 5) is 11.7. The first-order valence-corrected chi connectivity index (χ1v) is 10.1. The molecule has 0 heterocycles. The standard InChI is InChI=1S/C27H26O4/c1-4-31-27(28)24-16-13-22(14-17-24)10-9-20-5-7-21(8-6-20)11-12-23-15-18-25(29-2)26(19-23)30-3/h5-19H,4H2,1-3H3. The number of carbonyl (C=O) groups excluding carboxylic acids is 1. The molecule has 0 saturated heterocycles. The topological polar surface area (TPSA) is 44.8 Å². The number of rotatable bonds is 8. The van der Waals surface area contributed by atoms with Crippen LogP contribution in [0.15, 0.2) is 66.7 Å². The predicted molar refractivity (Wildman–Crippen MR) is 126 cm³/mol. The summed E-state index contributed by atoms with van der Waals surface area (Å²) < 4.78 is 15.6. The average molecular weight is 415 g/mol. The van der Waals surface area contributed by atoms with Crippen molar-refractivity contribution < 1.29 is 19.0 Å². The Kier molecular flexibility index (Phi) is 7.66. The number of methoxy groups -OCH3 is 2. The van der Waals surface area contributed by atoms with Gasteiger partial charge in [0, 0.05) is 0 Å². The molecule has 0 aliphatic carbocycles. The van der Waals surface area contributed by atoms with Crippen molar-refractivity contribution in [3.8, 4) is 11.5 Å². The van der Waals surface area contributed by atoms with E-state index in [9.17, 15) is 4.79 Å². The van der Waals surface area contributed by atoms with Gasteiger partial charge >= 0.3 is 5.97 Å². The van der Waals surface area contributed by atoms with Gasteiger partial charge < -0.3 is 14.2 Å². The third-order valence-electron chi connectivity index (χ3n) is 4.70. The van der Waals surface area contributed by atoms with Crippen molar-refractivity contribution in [3.05, 3.63) is 94.5 Å². The van der Waals surface area contributed by atoms with Crippen LogP contribution in [0.1, 0.15) is 39.5 Å². The summed E-state index contributed by atoms with van der Waals surface area (Å²) in [6.45, 7) is 2.17. The molecule has 0 saturated carbocycles. The van der Waals surface area contributed by atoms with E-state index in [1.165, 1.54) is 0 Å². The fraction of sp³-hybridized carbons (Fsp3) is 0.148. The van der Waals surface area contributed by atoms with Crippen LogP contribution in [0.25, 0.3) is 24.3 Å². The van der Waals surface area contributed by atoms with Gasteiger partial charge in [-0.3, -0.25) is 0 Å². The monoisotopic (exact) mass is 414 g/mol. The molecule has 0 aromatic heterocycles. The summed E-state index contributed by atoms with van der Waals surface area (Å²) in [6.07, 6.45) is 8.16. The van der Waals surface area contributed by atoms with Crippen molar-refractivity contribution in [1.82, 2.24) is 0 Å². The van der Waals surface area contributed by atoms with Crippen molar-refractivity contribution in [2.24, 2.45) is 0 Å². The Balaban J connectivity index is 1.63. The predicted octanol–water partition coefficient (Wildman–Crippen LogP) is 6.22. The van der Waals surface area contributed by atoms with Crippen molar-refractivity contribution in [1.29, 1.82) is 0 Å². The maximum absolute atomic E-state index is 11.7. The van der Waals surface area contributed by atoms with Gasteiger partial charge in [0.25, 0.3) is 0 Å². The molecule has 0 aliphatic rings. The highest BCUT2D eigenvalue weighted by Gasteiger charge is 2.05. The molecule has 0 fully saturated rings. The molecule has 3 aromatic rings. The molecule has 0 N–H and O–H groups in total. The van der Waals surface area contributed by atoms with Gasteiger partial charge in [-0.05, 0) is 53.4 Å². The first-order valence-electron chi connectivity index (χ1n) is 10.1. The van der Waals surface area contributed by atoms with Gasteiger partial charge in [0.15, 0.2) is 11.5 Å². The van der Waals surface area contributed by atoms with Crippen molar-refractivity contribution >= 4 is 30.3 Å². The summed E-state index contributed by atoms with van der Waals surface area (Å²) in [5.41, 5.74) is 4.81. The Hall–Kier alpha value is -3.79. The lowest BCUT2D eigenvalue weighted by Crippen LogP contribution is -2.03. The van der Waals surface area contributed by atoms with Crippen LogP contribution in [0.3, 0.4) is 0 Å². The Morgan fingerprint density at radius 3 is 1.61 bits per heavy atom. The number of ether oxygens (including phenoxy) is 3. The number of carbonyl (C=O) groups is 1. The zero-order valence-corrected chi connectivity index (χ0v) is 18.0. The summed E-state index contributed by atoms with van der Waals surface area (Å²) in [5.74, 6) is 1.13. The van der Waals surface area contributed by atoms with E-state index in [0.717, 1.165) is 22.3 Å². The normalized spacial score (nSPS) is 11.1. The molecule has 31 heavy (non-hydrogen) atoms. The maximum atomic E-state index is 11.7. The lowest BCUT2D eigenvalue weighted by molar-refractivity contribution is 0.0526. The molecular formula is C27H26O4. The van der Waals surface area contributed by atoms with Crippen LogP contribution in [0.5, 0.6) is 11.5 Å². The van der Waals surface area contributed by atoms with E-state index in [4.69, 9.17) is 14.2 Å². The van der Waals surface area contributed by atoms with Gasteiger partial charge in [0.2, 0.25) is 0 Å². The molecule has 0 unspecified atom stereocenters. The first kappa shape index (κ1) is 21.9. The van der Waals surface area contributed by atoms with Crippen LogP contribution < -0.4 is 9.47 Å². The molecule has 0 radical (unpaired) electrons. The lowest BCUT2D eigenvalue weighted by Gasteiger charge is -2.07. The average Bonchev–Trinajstić information content (AvgIpc) is 2.82. The fourth-order valence-electron chi connectivity index (χ4n) is 3.00. The van der Waals surface area contributed by atoms with E-state index in [0.29, 0.717) is 23.7 Å². The van der Waals surface area contributed by atoms with E-state index in [-0.39, 0.29) is 5.97 Å². The first-order chi connectivity index (χ1) is 15.1. The molecule has 0 aliphatic heterocycles. The second kappa shape index (κ2) is 10.8. The van der Waals surface area contributed by atoms with Crippen LogP contribution >= 0.6 is 0 Å². The smallest absolute Gasteiger partial charge is 0.338 e. The molecule has 3 aromatic carbocycles. The molecule has 4 heteroatoms. The van der Waals surface area contributed by atoms with E-state index < -0.39 is 0 Å². The molecular weight excluding hydrogens is 388 g/mol. The second-order valence-corrected chi connectivity index (χ2v) is 6.79. The van der Waals surface area contributed by atoms with Gasteiger partial charge in [-0.15, -0.1) is 0 Å². The Morgan fingerprint density at radius 1 is 0.677 bits per heavy atom. The summed E-state index contributed by atoms with van der Waals surface area (Å²) in [5, 5.41) is 0. The number of benzene rings is 3. The Bertz CT molecular complexity index is 1060. The Morgan fingerprint density at radius 2 is 1.13 bits per heavy atom. The third-order valence-corrected chi connectivity index (χ3v) is 4.70. The summed E-state index contributed by atoms with van der Waals surface area (Å²) in [6, 6.07) is 21.5. The molecule has 0 amide bonds. The van der Waals surface area contributed by atoms with Gasteiger partial charge in [0.05, 0.1) is 26.4 Å². The summed E-state index contributed by atoms with van der Waals surface area (Å²) in [7, 11) is 3.26. The molecule has 0 spiro atoms. The SMILES string of the molecule is CCOC(=O)c1ccc(C=Cc2ccc(C=Cc3ccc(OC)c(OC)c3)cc2)cc1. The number of hydrogen-bond acceptors (Lipinski definition) is 4. The van der Waals surface area contributed by atoms with Gasteiger partial charge in [0.1, 0.15) is 0 Å². The van der Waals surface area contributed by atoms with Crippen LogP contribution in [-0.2, 0) is 4.74 Å². The van der Waals surface area contributed by atoms with Gasteiger partial charge in [-0.2, -0.15) is 0 Å². The minimum atomic E-state index is -0.297. The Labute approximate surface area is 183 Å². The van der Waals surface area contributed by atoms with Crippen molar-refractivity contribution in [2.75, 3.05) is 20.8 Å². The van der Waals surface area contributed by atoms with Crippen LogP contribution in [0.2, 0.25) is 0 Å². The van der Waals surface area contributed by atoms with Gasteiger partial charge in [-0.25, -0.2) is 4.79 Å². The molecule has 0 atom stereocenters. The zero-order chi connectivity index (χ0) is 22.1. The number of esters is 1. The number of hydrogen-bond donors (Lipinski definition) is 0. The van der Waals surface area contributed by atoms with E-state index in [1.54, 1.807) is 33.3 Å². The van der Waals surface area contributed by atoms with E-state index in [1.807, 2.05) is 48.6 Å². The van der Waals surface area contributed by atoms with Crippen LogP contribution in [0.4, 0.5) is 0 Å². The molecule has 3 rings (SSSR count). The second-order valence-electron chi connectivity index (χ2n) is 6.79. The largest absolute Gasteiger partial charge is 0.493 e. The minimum absolute atomic E-state index is 0.297. The molecule has 4 nitrogen and oxygen atoms in total. The highest BCUT2D eigenvalue weighted by molar-refractivity contribution is 5.89. The van der Waals surface area contributed by atoms with Crippen LogP contribution in [0, 0.1) is 0 Å². The molecule has 0 bridgehead atoms. The van der Waals surface area contributed by atoms with Crippen molar-refractivity contribution in [3.63, 3.8) is 0 Å². The minimum Gasteiger partial charge on any atom is -0.493 e. The zero-order valence-electron chi connectivity index (χ0n) is 18.0. The third kappa shape index (κ3) is 6.09. The quantitative estimate of drug-likeness (QED) is 0.324. The fourth-order valence-corrected chi connectivity index (χ4v) is 3.00.